The Hall–Kier alpha value is -2.53. The third kappa shape index (κ3) is 3.52. The summed E-state index contributed by atoms with van der Waals surface area (Å²) in [4.78, 5) is 29.1. The summed E-state index contributed by atoms with van der Waals surface area (Å²) in [6.45, 7) is 4.48. The molecule has 1 N–H and O–H groups in total. The highest BCUT2D eigenvalue weighted by molar-refractivity contribution is 6.31. The lowest BCUT2D eigenvalue weighted by Gasteiger charge is -2.18. The van der Waals surface area contributed by atoms with Crippen molar-refractivity contribution in [3.63, 3.8) is 0 Å². The number of benzene rings is 2. The van der Waals surface area contributed by atoms with Crippen LogP contribution in [0.4, 0.5) is 17.1 Å². The third-order valence-corrected chi connectivity index (χ3v) is 5.58. The molecule has 6 heteroatoms. The molecule has 2 heterocycles. The van der Waals surface area contributed by atoms with E-state index in [2.05, 4.69) is 23.2 Å². The lowest BCUT2D eigenvalue weighted by Crippen LogP contribution is -2.28. The molecule has 1 saturated heterocycles. The third-order valence-electron chi connectivity index (χ3n) is 5.34. The lowest BCUT2D eigenvalue weighted by atomic mass is 10.1. The van der Waals surface area contributed by atoms with Gasteiger partial charge in [0.15, 0.2) is 0 Å². The van der Waals surface area contributed by atoms with Crippen LogP contribution < -0.4 is 15.1 Å². The Bertz CT molecular complexity index is 899. The van der Waals surface area contributed by atoms with Crippen molar-refractivity contribution in [1.29, 1.82) is 0 Å². The molecule has 5 nitrogen and oxygen atoms in total. The number of amides is 2. The van der Waals surface area contributed by atoms with Crippen molar-refractivity contribution in [3.8, 4) is 0 Å². The van der Waals surface area contributed by atoms with Crippen LogP contribution in [0.1, 0.15) is 18.9 Å². The first-order valence-corrected chi connectivity index (χ1v) is 9.67. The van der Waals surface area contributed by atoms with Crippen LogP contribution in [0.25, 0.3) is 0 Å². The quantitative estimate of drug-likeness (QED) is 0.875. The van der Waals surface area contributed by atoms with Crippen molar-refractivity contribution in [2.24, 2.45) is 5.92 Å². The van der Waals surface area contributed by atoms with Crippen LogP contribution in [-0.2, 0) is 16.0 Å². The van der Waals surface area contributed by atoms with Crippen LogP contribution in [0.15, 0.2) is 42.5 Å². The highest BCUT2D eigenvalue weighted by Crippen LogP contribution is 2.32. The average Bonchev–Trinajstić information content (AvgIpc) is 3.24. The first-order valence-electron chi connectivity index (χ1n) is 9.30. The highest BCUT2D eigenvalue weighted by Gasteiger charge is 2.35. The monoisotopic (exact) mass is 383 g/mol. The van der Waals surface area contributed by atoms with Gasteiger partial charge in [-0.2, -0.15) is 0 Å². The molecule has 140 valence electrons. The minimum Gasteiger partial charge on any atom is -0.371 e. The number of nitrogens with one attached hydrogen (secondary N) is 1. The Morgan fingerprint density at radius 2 is 2.11 bits per heavy atom. The zero-order chi connectivity index (χ0) is 19.0. The van der Waals surface area contributed by atoms with Crippen molar-refractivity contribution in [2.45, 2.75) is 19.8 Å². The van der Waals surface area contributed by atoms with E-state index in [1.165, 1.54) is 11.3 Å². The Morgan fingerprint density at radius 1 is 1.26 bits per heavy atom. The molecular formula is C21H22ClN3O2. The second kappa shape index (κ2) is 7.24. The van der Waals surface area contributed by atoms with Crippen LogP contribution >= 0.6 is 11.6 Å². The normalized spacial score (nSPS) is 18.7. The molecule has 0 spiro atoms. The Kier molecular flexibility index (Phi) is 4.79. The van der Waals surface area contributed by atoms with E-state index >= 15 is 0 Å². The molecule has 2 aromatic carbocycles. The van der Waals surface area contributed by atoms with Crippen molar-refractivity contribution in [3.05, 3.63) is 53.1 Å². The van der Waals surface area contributed by atoms with Crippen molar-refractivity contribution < 1.29 is 9.59 Å². The van der Waals surface area contributed by atoms with Gasteiger partial charge in [0.25, 0.3) is 0 Å². The molecule has 0 saturated carbocycles. The van der Waals surface area contributed by atoms with Crippen LogP contribution in [0, 0.1) is 5.92 Å². The number of fused-ring (bicyclic) bond motifs is 1. The van der Waals surface area contributed by atoms with E-state index in [4.69, 9.17) is 11.6 Å². The molecule has 27 heavy (non-hydrogen) atoms. The number of hydrogen-bond donors (Lipinski definition) is 1. The fourth-order valence-corrected chi connectivity index (χ4v) is 4.06. The summed E-state index contributed by atoms with van der Waals surface area (Å²) in [7, 11) is 0. The van der Waals surface area contributed by atoms with E-state index in [0.29, 0.717) is 11.6 Å². The molecule has 4 rings (SSSR count). The van der Waals surface area contributed by atoms with Crippen molar-refractivity contribution in [2.75, 3.05) is 34.8 Å². The predicted molar refractivity (Wildman–Crippen MR) is 109 cm³/mol. The molecule has 0 aromatic heterocycles. The Balaban J connectivity index is 1.46. The maximum absolute atomic E-state index is 12.7. The average molecular weight is 384 g/mol. The maximum atomic E-state index is 12.7. The number of anilines is 3. The minimum atomic E-state index is -0.369. The van der Waals surface area contributed by atoms with Crippen molar-refractivity contribution in [1.82, 2.24) is 0 Å². The van der Waals surface area contributed by atoms with Gasteiger partial charge in [-0.1, -0.05) is 23.7 Å². The predicted octanol–water partition coefficient (Wildman–Crippen LogP) is 3.71. The highest BCUT2D eigenvalue weighted by atomic mass is 35.5. The molecule has 2 amide bonds. The number of carbonyl (C=O) groups excluding carboxylic acids is 2. The largest absolute Gasteiger partial charge is 0.371 e. The Morgan fingerprint density at radius 3 is 2.89 bits per heavy atom. The summed E-state index contributed by atoms with van der Waals surface area (Å²) in [6.07, 6.45) is 1.26. The van der Waals surface area contributed by atoms with Gasteiger partial charge < -0.3 is 15.1 Å². The Labute approximate surface area is 163 Å². The summed E-state index contributed by atoms with van der Waals surface area (Å²) >= 11 is 6.03. The molecule has 1 unspecified atom stereocenters. The van der Waals surface area contributed by atoms with Gasteiger partial charge in [-0.05, 0) is 49.2 Å². The number of halogens is 1. The topological polar surface area (TPSA) is 52.7 Å². The maximum Gasteiger partial charge on any atom is 0.229 e. The number of likely N-dealkylation sites (N-methyl/N-ethyl adjacent to an activating group) is 1. The molecule has 0 radical (unpaired) electrons. The summed E-state index contributed by atoms with van der Waals surface area (Å²) < 4.78 is 0. The lowest BCUT2D eigenvalue weighted by molar-refractivity contribution is -0.122. The second-order valence-electron chi connectivity index (χ2n) is 7.05. The fourth-order valence-electron chi connectivity index (χ4n) is 3.87. The first-order chi connectivity index (χ1) is 13.0. The summed E-state index contributed by atoms with van der Waals surface area (Å²) in [5.41, 5.74) is 4.03. The van der Waals surface area contributed by atoms with Gasteiger partial charge in [0.05, 0.1) is 5.92 Å². The fraction of sp³-hybridized carbons (Fsp3) is 0.333. The number of rotatable bonds is 4. The molecule has 0 bridgehead atoms. The number of carbonyl (C=O) groups is 2. The smallest absolute Gasteiger partial charge is 0.229 e. The first kappa shape index (κ1) is 17.9. The van der Waals surface area contributed by atoms with Gasteiger partial charge in [-0.25, -0.2) is 0 Å². The van der Waals surface area contributed by atoms with E-state index in [0.717, 1.165) is 30.9 Å². The number of nitrogens with zero attached hydrogens (tertiary/aromatic N) is 2. The summed E-state index contributed by atoms with van der Waals surface area (Å²) in [5.74, 6) is -0.538. The standard InChI is InChI=1S/C21H22ClN3O2/c1-2-24-9-8-14-6-7-17(12-19(14)24)23-21(27)15-10-20(26)25(13-15)18-5-3-4-16(22)11-18/h3-7,11-12,15H,2,8-10,13H2,1H3,(H,23,27). The van der Waals surface area contributed by atoms with E-state index < -0.39 is 0 Å². The molecule has 1 fully saturated rings. The van der Waals surface area contributed by atoms with Crippen LogP contribution in [-0.4, -0.2) is 31.4 Å². The zero-order valence-electron chi connectivity index (χ0n) is 15.2. The van der Waals surface area contributed by atoms with E-state index in [-0.39, 0.29) is 24.2 Å². The van der Waals surface area contributed by atoms with Gasteiger partial charge in [-0.15, -0.1) is 0 Å². The molecular weight excluding hydrogens is 362 g/mol. The van der Waals surface area contributed by atoms with Gasteiger partial charge in [-0.3, -0.25) is 9.59 Å². The van der Waals surface area contributed by atoms with Gasteiger partial charge in [0, 0.05) is 48.1 Å². The van der Waals surface area contributed by atoms with E-state index in [9.17, 15) is 9.59 Å². The van der Waals surface area contributed by atoms with E-state index in [1.807, 2.05) is 24.3 Å². The van der Waals surface area contributed by atoms with Gasteiger partial charge in [0.1, 0.15) is 0 Å². The molecule has 1 atom stereocenters. The second-order valence-corrected chi connectivity index (χ2v) is 7.48. The molecule has 2 aromatic rings. The minimum absolute atomic E-state index is 0.0523. The SMILES string of the molecule is CCN1CCc2ccc(NC(=O)C3CC(=O)N(c4cccc(Cl)c4)C3)cc21. The van der Waals surface area contributed by atoms with E-state index in [1.54, 1.807) is 17.0 Å². The summed E-state index contributed by atoms with van der Waals surface area (Å²) in [6, 6.07) is 13.2. The van der Waals surface area contributed by atoms with Crippen LogP contribution in [0.2, 0.25) is 5.02 Å². The van der Waals surface area contributed by atoms with Crippen LogP contribution in [0.5, 0.6) is 0 Å². The molecule has 0 aliphatic carbocycles. The zero-order valence-corrected chi connectivity index (χ0v) is 16.0. The summed E-state index contributed by atoms with van der Waals surface area (Å²) in [5, 5.41) is 3.57. The van der Waals surface area contributed by atoms with Gasteiger partial charge >= 0.3 is 0 Å². The van der Waals surface area contributed by atoms with Crippen molar-refractivity contribution >= 4 is 40.5 Å². The molecule has 2 aliphatic rings. The van der Waals surface area contributed by atoms with Gasteiger partial charge in [0.2, 0.25) is 11.8 Å². The number of hydrogen-bond acceptors (Lipinski definition) is 3. The van der Waals surface area contributed by atoms with Crippen LogP contribution in [0.3, 0.4) is 0 Å². The molecule has 2 aliphatic heterocycles.